The largest absolute Gasteiger partial charge is 0.312 e. The van der Waals surface area contributed by atoms with Crippen molar-refractivity contribution in [3.8, 4) is 0 Å². The Kier molecular flexibility index (Phi) is 4.64. The summed E-state index contributed by atoms with van der Waals surface area (Å²) in [4.78, 5) is 0. The van der Waals surface area contributed by atoms with Gasteiger partial charge in [-0.3, -0.25) is 0 Å². The van der Waals surface area contributed by atoms with Crippen LogP contribution in [0.5, 0.6) is 0 Å². The molecule has 0 rings (SSSR count). The summed E-state index contributed by atoms with van der Waals surface area (Å²) in [5, 5.41) is 3.62. The van der Waals surface area contributed by atoms with Crippen molar-refractivity contribution in [2.24, 2.45) is 10.8 Å². The third-order valence-electron chi connectivity index (χ3n) is 4.29. The van der Waals surface area contributed by atoms with Gasteiger partial charge in [-0.2, -0.15) is 0 Å². The SMILES string of the molecule is CCC(C)(C)C(C)(C)C(C)NC(C)C. The summed E-state index contributed by atoms with van der Waals surface area (Å²) in [6.07, 6.45) is 1.23. The molecule has 0 fully saturated rings. The normalized spacial score (nSPS) is 16.1. The van der Waals surface area contributed by atoms with Crippen LogP contribution in [0.25, 0.3) is 0 Å². The van der Waals surface area contributed by atoms with Crippen molar-refractivity contribution >= 4 is 0 Å². The van der Waals surface area contributed by atoms with E-state index in [0.29, 0.717) is 22.9 Å². The Hall–Kier alpha value is -0.0400. The van der Waals surface area contributed by atoms with Gasteiger partial charge in [-0.25, -0.2) is 0 Å². The lowest BCUT2D eigenvalue weighted by Crippen LogP contribution is -2.50. The molecule has 0 aliphatic carbocycles. The Labute approximate surface area is 90.7 Å². The molecule has 1 unspecified atom stereocenters. The van der Waals surface area contributed by atoms with Crippen LogP contribution in [0, 0.1) is 10.8 Å². The maximum Gasteiger partial charge on any atom is 0.00973 e. The molecule has 1 nitrogen and oxygen atoms in total. The second kappa shape index (κ2) is 4.65. The topological polar surface area (TPSA) is 12.0 Å². The molecule has 0 saturated carbocycles. The van der Waals surface area contributed by atoms with Gasteiger partial charge < -0.3 is 5.32 Å². The maximum absolute atomic E-state index is 3.62. The molecule has 0 bridgehead atoms. The smallest absolute Gasteiger partial charge is 0.00973 e. The van der Waals surface area contributed by atoms with Gasteiger partial charge in [-0.15, -0.1) is 0 Å². The third kappa shape index (κ3) is 2.98. The van der Waals surface area contributed by atoms with Gasteiger partial charge in [0, 0.05) is 12.1 Å². The summed E-state index contributed by atoms with van der Waals surface area (Å²) < 4.78 is 0. The predicted octanol–water partition coefficient (Wildman–Crippen LogP) is 3.84. The Morgan fingerprint density at radius 3 is 1.71 bits per heavy atom. The van der Waals surface area contributed by atoms with Gasteiger partial charge in [0.2, 0.25) is 0 Å². The second-order valence-electron chi connectivity index (χ2n) is 6.00. The first-order valence-corrected chi connectivity index (χ1v) is 5.91. The Balaban J connectivity index is 4.59. The van der Waals surface area contributed by atoms with Gasteiger partial charge in [0.05, 0.1) is 0 Å². The van der Waals surface area contributed by atoms with Crippen LogP contribution in [0.2, 0.25) is 0 Å². The third-order valence-corrected chi connectivity index (χ3v) is 4.29. The lowest BCUT2D eigenvalue weighted by molar-refractivity contribution is 0.0609. The molecule has 0 aliphatic rings. The zero-order chi connectivity index (χ0) is 11.6. The van der Waals surface area contributed by atoms with Crippen LogP contribution < -0.4 is 5.32 Å². The first kappa shape index (κ1) is 14.0. The van der Waals surface area contributed by atoms with E-state index >= 15 is 0 Å². The quantitative estimate of drug-likeness (QED) is 0.709. The summed E-state index contributed by atoms with van der Waals surface area (Å²) in [5.41, 5.74) is 0.709. The predicted molar refractivity (Wildman–Crippen MR) is 65.6 cm³/mol. The molecule has 0 heterocycles. The first-order valence-electron chi connectivity index (χ1n) is 5.91. The lowest BCUT2D eigenvalue weighted by Gasteiger charge is -2.46. The maximum atomic E-state index is 3.62. The van der Waals surface area contributed by atoms with Gasteiger partial charge in [0.1, 0.15) is 0 Å². The van der Waals surface area contributed by atoms with E-state index in [4.69, 9.17) is 0 Å². The van der Waals surface area contributed by atoms with Crippen molar-refractivity contribution in [2.45, 2.75) is 73.9 Å². The van der Waals surface area contributed by atoms with E-state index in [1.807, 2.05) is 0 Å². The average Bonchev–Trinajstić information content (AvgIpc) is 2.02. The zero-order valence-corrected chi connectivity index (χ0v) is 11.4. The standard InChI is InChI=1S/C13H29N/c1-9-12(5,6)13(7,8)11(4)14-10(2)3/h10-11,14H,9H2,1-8H3. The minimum absolute atomic E-state index is 0.325. The molecule has 14 heavy (non-hydrogen) atoms. The van der Waals surface area contributed by atoms with Gasteiger partial charge in [-0.1, -0.05) is 54.9 Å². The van der Waals surface area contributed by atoms with E-state index in [1.54, 1.807) is 0 Å². The van der Waals surface area contributed by atoms with Crippen LogP contribution >= 0.6 is 0 Å². The van der Waals surface area contributed by atoms with Crippen molar-refractivity contribution in [1.82, 2.24) is 5.32 Å². The summed E-state index contributed by atoms with van der Waals surface area (Å²) >= 11 is 0. The first-order chi connectivity index (χ1) is 6.15. The van der Waals surface area contributed by atoms with E-state index in [1.165, 1.54) is 6.42 Å². The van der Waals surface area contributed by atoms with Gasteiger partial charge in [0.25, 0.3) is 0 Å². The molecule has 1 atom stereocenters. The average molecular weight is 199 g/mol. The Morgan fingerprint density at radius 2 is 1.43 bits per heavy atom. The molecule has 0 aromatic heterocycles. The van der Waals surface area contributed by atoms with Crippen molar-refractivity contribution in [3.63, 3.8) is 0 Å². The highest BCUT2D eigenvalue weighted by Crippen LogP contribution is 2.43. The minimum atomic E-state index is 0.325. The molecule has 0 saturated heterocycles. The highest BCUT2D eigenvalue weighted by molar-refractivity contribution is 4.92. The van der Waals surface area contributed by atoms with Crippen LogP contribution in [-0.2, 0) is 0 Å². The fraction of sp³-hybridized carbons (Fsp3) is 1.00. The molecule has 1 N–H and O–H groups in total. The highest BCUT2D eigenvalue weighted by Gasteiger charge is 2.39. The fourth-order valence-electron chi connectivity index (χ4n) is 1.75. The van der Waals surface area contributed by atoms with E-state index in [0.717, 1.165) is 0 Å². The number of hydrogen-bond acceptors (Lipinski definition) is 1. The van der Waals surface area contributed by atoms with E-state index in [2.05, 4.69) is 60.7 Å². The van der Waals surface area contributed by atoms with Gasteiger partial charge in [0.15, 0.2) is 0 Å². The molecule has 0 aromatic carbocycles. The molecule has 1 heteroatoms. The molecule has 0 spiro atoms. The molecule has 0 aliphatic heterocycles. The monoisotopic (exact) mass is 199 g/mol. The molecule has 86 valence electrons. The Morgan fingerprint density at radius 1 is 1.00 bits per heavy atom. The summed E-state index contributed by atoms with van der Waals surface area (Å²) in [7, 11) is 0. The van der Waals surface area contributed by atoms with Crippen LogP contribution in [0.3, 0.4) is 0 Å². The van der Waals surface area contributed by atoms with Crippen molar-refractivity contribution in [2.75, 3.05) is 0 Å². The zero-order valence-electron chi connectivity index (χ0n) is 11.4. The number of rotatable bonds is 5. The minimum Gasteiger partial charge on any atom is -0.312 e. The van der Waals surface area contributed by atoms with E-state index in [9.17, 15) is 0 Å². The van der Waals surface area contributed by atoms with Crippen molar-refractivity contribution in [1.29, 1.82) is 0 Å². The second-order valence-corrected chi connectivity index (χ2v) is 6.00. The van der Waals surface area contributed by atoms with E-state index < -0.39 is 0 Å². The van der Waals surface area contributed by atoms with Crippen molar-refractivity contribution < 1.29 is 0 Å². The molecule has 0 radical (unpaired) electrons. The highest BCUT2D eigenvalue weighted by atomic mass is 15.0. The van der Waals surface area contributed by atoms with Gasteiger partial charge in [-0.05, 0) is 17.8 Å². The van der Waals surface area contributed by atoms with Crippen LogP contribution in [-0.4, -0.2) is 12.1 Å². The molecular formula is C13H29N. The molecular weight excluding hydrogens is 170 g/mol. The molecule has 0 amide bonds. The van der Waals surface area contributed by atoms with Gasteiger partial charge >= 0.3 is 0 Å². The van der Waals surface area contributed by atoms with Crippen LogP contribution in [0.4, 0.5) is 0 Å². The lowest BCUT2D eigenvalue weighted by atomic mass is 9.63. The Bertz CT molecular complexity index is 168. The van der Waals surface area contributed by atoms with Crippen LogP contribution in [0.15, 0.2) is 0 Å². The van der Waals surface area contributed by atoms with E-state index in [-0.39, 0.29) is 0 Å². The molecule has 0 aromatic rings. The van der Waals surface area contributed by atoms with Crippen LogP contribution in [0.1, 0.15) is 61.8 Å². The summed E-state index contributed by atoms with van der Waals surface area (Å²) in [6.45, 7) is 18.5. The number of hydrogen-bond donors (Lipinski definition) is 1. The summed E-state index contributed by atoms with van der Waals surface area (Å²) in [5.74, 6) is 0. The summed E-state index contributed by atoms with van der Waals surface area (Å²) in [6, 6.07) is 1.12. The van der Waals surface area contributed by atoms with Crippen molar-refractivity contribution in [3.05, 3.63) is 0 Å². The fourth-order valence-corrected chi connectivity index (χ4v) is 1.75. The number of nitrogens with one attached hydrogen (secondary N) is 1.